The van der Waals surface area contributed by atoms with Crippen molar-refractivity contribution in [3.63, 3.8) is 0 Å². The Morgan fingerprint density at radius 1 is 1.27 bits per heavy atom. The lowest BCUT2D eigenvalue weighted by Gasteiger charge is -2.38. The van der Waals surface area contributed by atoms with Gasteiger partial charge in [0.2, 0.25) is 0 Å². The topological polar surface area (TPSA) is 92.5 Å². The molecule has 132 valence electrons. The highest BCUT2D eigenvalue weighted by molar-refractivity contribution is 5.93. The van der Waals surface area contributed by atoms with Crippen LogP contribution in [0.4, 0.5) is 11.4 Å². The number of rotatable bonds is 3. The Kier molecular flexibility index (Phi) is 3.76. The summed E-state index contributed by atoms with van der Waals surface area (Å²) in [6.45, 7) is 1.92. The van der Waals surface area contributed by atoms with Gasteiger partial charge in [-0.2, -0.15) is 0 Å². The lowest BCUT2D eigenvalue weighted by molar-refractivity contribution is -0.385. The van der Waals surface area contributed by atoms with Crippen LogP contribution in [0.2, 0.25) is 0 Å². The minimum Gasteiger partial charge on any atom is -0.478 e. The minimum atomic E-state index is -0.953. The third kappa shape index (κ3) is 2.37. The highest BCUT2D eigenvalue weighted by Crippen LogP contribution is 2.52. The lowest BCUT2D eigenvalue weighted by atomic mass is 9.74. The SMILES string of the molecule is Cc1ccc(C(=O)O)c2c1N[C@H](c1ccccc1[N+](=O)[O-])[C@@H]1CC=C[C@H]21. The summed E-state index contributed by atoms with van der Waals surface area (Å²) in [6.07, 6.45) is 4.83. The first-order chi connectivity index (χ1) is 12.5. The number of nitro groups is 1. The number of nitro benzene ring substituents is 1. The van der Waals surface area contributed by atoms with Crippen LogP contribution in [0.5, 0.6) is 0 Å². The Morgan fingerprint density at radius 3 is 2.77 bits per heavy atom. The number of benzene rings is 2. The molecule has 1 heterocycles. The van der Waals surface area contributed by atoms with Crippen LogP contribution in [0.15, 0.2) is 48.6 Å². The van der Waals surface area contributed by atoms with Crippen molar-refractivity contribution in [2.45, 2.75) is 25.3 Å². The van der Waals surface area contributed by atoms with Crippen LogP contribution in [-0.4, -0.2) is 16.0 Å². The summed E-state index contributed by atoms with van der Waals surface area (Å²) < 4.78 is 0. The first-order valence-corrected chi connectivity index (χ1v) is 8.52. The molecule has 0 bridgehead atoms. The van der Waals surface area contributed by atoms with Gasteiger partial charge in [-0.05, 0) is 36.5 Å². The highest BCUT2D eigenvalue weighted by atomic mass is 16.6. The van der Waals surface area contributed by atoms with Gasteiger partial charge in [0.1, 0.15) is 0 Å². The van der Waals surface area contributed by atoms with Gasteiger partial charge < -0.3 is 10.4 Å². The number of nitrogens with zero attached hydrogens (tertiary/aromatic N) is 1. The second kappa shape index (κ2) is 5.98. The summed E-state index contributed by atoms with van der Waals surface area (Å²) in [7, 11) is 0. The number of para-hydroxylation sites is 1. The van der Waals surface area contributed by atoms with Gasteiger partial charge in [0.25, 0.3) is 5.69 Å². The molecule has 26 heavy (non-hydrogen) atoms. The van der Waals surface area contributed by atoms with Crippen molar-refractivity contribution in [2.24, 2.45) is 5.92 Å². The van der Waals surface area contributed by atoms with E-state index < -0.39 is 5.97 Å². The van der Waals surface area contributed by atoms with Crippen molar-refractivity contribution < 1.29 is 14.8 Å². The fourth-order valence-electron chi connectivity index (χ4n) is 4.27. The average molecular weight is 350 g/mol. The molecule has 2 N–H and O–H groups in total. The Labute approximate surface area is 150 Å². The van der Waals surface area contributed by atoms with Crippen LogP contribution >= 0.6 is 0 Å². The summed E-state index contributed by atoms with van der Waals surface area (Å²) in [5.41, 5.74) is 3.52. The second-order valence-electron chi connectivity index (χ2n) is 6.82. The minimum absolute atomic E-state index is 0.0449. The number of aryl methyl sites for hydroxylation is 1. The number of allylic oxidation sites excluding steroid dienone is 2. The normalized spacial score (nSPS) is 23.0. The van der Waals surface area contributed by atoms with E-state index in [0.717, 1.165) is 23.2 Å². The van der Waals surface area contributed by atoms with E-state index in [4.69, 9.17) is 0 Å². The molecular formula is C20H18N2O4. The third-order valence-corrected chi connectivity index (χ3v) is 5.43. The quantitative estimate of drug-likeness (QED) is 0.485. The van der Waals surface area contributed by atoms with E-state index in [1.807, 2.05) is 19.1 Å². The number of anilines is 1. The monoisotopic (exact) mass is 350 g/mol. The largest absolute Gasteiger partial charge is 0.478 e. The predicted octanol–water partition coefficient (Wildman–Crippen LogP) is 4.43. The molecule has 0 amide bonds. The number of aromatic carboxylic acids is 1. The molecule has 2 aromatic carbocycles. The number of carboxylic acids is 1. The molecule has 0 aromatic heterocycles. The number of hydrogen-bond acceptors (Lipinski definition) is 4. The van der Waals surface area contributed by atoms with E-state index >= 15 is 0 Å². The highest BCUT2D eigenvalue weighted by Gasteiger charge is 2.42. The van der Waals surface area contributed by atoms with E-state index in [0.29, 0.717) is 11.1 Å². The maximum atomic E-state index is 11.7. The van der Waals surface area contributed by atoms with Crippen molar-refractivity contribution in [3.05, 3.63) is 80.9 Å². The Bertz CT molecular complexity index is 951. The number of hydrogen-bond donors (Lipinski definition) is 2. The second-order valence-corrected chi connectivity index (χ2v) is 6.82. The molecular weight excluding hydrogens is 332 g/mol. The van der Waals surface area contributed by atoms with Gasteiger partial charge in [-0.1, -0.05) is 36.4 Å². The molecule has 6 heteroatoms. The number of carboxylic acid groups (broad SMARTS) is 1. The zero-order valence-electron chi connectivity index (χ0n) is 14.2. The average Bonchev–Trinajstić information content (AvgIpc) is 3.11. The van der Waals surface area contributed by atoms with Crippen molar-refractivity contribution in [3.8, 4) is 0 Å². The lowest BCUT2D eigenvalue weighted by Crippen LogP contribution is -2.31. The Morgan fingerprint density at radius 2 is 2.04 bits per heavy atom. The number of fused-ring (bicyclic) bond motifs is 3. The molecule has 4 rings (SSSR count). The van der Waals surface area contributed by atoms with Crippen molar-refractivity contribution in [1.29, 1.82) is 0 Å². The molecule has 6 nitrogen and oxygen atoms in total. The molecule has 0 fully saturated rings. The molecule has 0 saturated heterocycles. The van der Waals surface area contributed by atoms with E-state index in [9.17, 15) is 20.0 Å². The number of nitrogens with one attached hydrogen (secondary N) is 1. The zero-order chi connectivity index (χ0) is 18.4. The summed E-state index contributed by atoms with van der Waals surface area (Å²) in [5, 5.41) is 24.5. The molecule has 0 spiro atoms. The Hall–Kier alpha value is -3.15. The molecule has 0 radical (unpaired) electrons. The standard InChI is InChI=1S/C20H18N2O4/c1-11-9-10-15(20(23)24)17-12-6-4-7-13(12)19(21-18(11)17)14-5-2-3-8-16(14)22(25)26/h2-6,8-10,12-13,19,21H,7H2,1H3,(H,23,24)/t12-,13+,19-/m0/s1. The van der Waals surface area contributed by atoms with E-state index in [1.165, 1.54) is 6.07 Å². The summed E-state index contributed by atoms with van der Waals surface area (Å²) >= 11 is 0. The first kappa shape index (κ1) is 16.3. The molecule has 0 unspecified atom stereocenters. The summed E-state index contributed by atoms with van der Waals surface area (Å²) in [5.74, 6) is -0.975. The third-order valence-electron chi connectivity index (χ3n) is 5.43. The van der Waals surface area contributed by atoms with Gasteiger partial charge in [-0.15, -0.1) is 0 Å². The van der Waals surface area contributed by atoms with Gasteiger partial charge in [0.05, 0.1) is 22.1 Å². The van der Waals surface area contributed by atoms with Gasteiger partial charge >= 0.3 is 5.97 Å². The summed E-state index contributed by atoms with van der Waals surface area (Å²) in [4.78, 5) is 22.9. The van der Waals surface area contributed by atoms with Crippen molar-refractivity contribution in [2.75, 3.05) is 5.32 Å². The van der Waals surface area contributed by atoms with E-state index in [-0.39, 0.29) is 28.5 Å². The van der Waals surface area contributed by atoms with Gasteiger partial charge in [0.15, 0.2) is 0 Å². The van der Waals surface area contributed by atoms with E-state index in [2.05, 4.69) is 5.32 Å². The molecule has 0 saturated carbocycles. The van der Waals surface area contributed by atoms with Gasteiger partial charge in [0, 0.05) is 17.7 Å². The van der Waals surface area contributed by atoms with Crippen molar-refractivity contribution in [1.82, 2.24) is 0 Å². The van der Waals surface area contributed by atoms with E-state index in [1.54, 1.807) is 30.3 Å². The Balaban J connectivity index is 1.90. The van der Waals surface area contributed by atoms with Crippen LogP contribution in [0.3, 0.4) is 0 Å². The molecule has 2 aliphatic rings. The fraction of sp³-hybridized carbons (Fsp3) is 0.250. The van der Waals surface area contributed by atoms with Crippen LogP contribution in [0.1, 0.15) is 45.4 Å². The van der Waals surface area contributed by atoms with Crippen molar-refractivity contribution >= 4 is 17.3 Å². The maximum absolute atomic E-state index is 11.7. The molecule has 3 atom stereocenters. The van der Waals surface area contributed by atoms with Gasteiger partial charge in [-0.25, -0.2) is 4.79 Å². The smallest absolute Gasteiger partial charge is 0.336 e. The predicted molar refractivity (Wildman–Crippen MR) is 97.6 cm³/mol. The van der Waals surface area contributed by atoms with Gasteiger partial charge in [-0.3, -0.25) is 10.1 Å². The van der Waals surface area contributed by atoms with Crippen LogP contribution in [0.25, 0.3) is 0 Å². The fourth-order valence-corrected chi connectivity index (χ4v) is 4.27. The zero-order valence-corrected chi connectivity index (χ0v) is 14.2. The summed E-state index contributed by atoms with van der Waals surface area (Å²) in [6, 6.07) is 9.95. The molecule has 1 aliphatic heterocycles. The first-order valence-electron chi connectivity index (χ1n) is 8.52. The van der Waals surface area contributed by atoms with Crippen LogP contribution in [0, 0.1) is 23.0 Å². The molecule has 1 aliphatic carbocycles. The van der Waals surface area contributed by atoms with Crippen LogP contribution < -0.4 is 5.32 Å². The van der Waals surface area contributed by atoms with Crippen LogP contribution in [-0.2, 0) is 0 Å². The maximum Gasteiger partial charge on any atom is 0.336 e. The number of carbonyl (C=O) groups is 1. The molecule has 2 aromatic rings.